The van der Waals surface area contributed by atoms with Crippen molar-refractivity contribution in [3.05, 3.63) is 35.0 Å². The number of para-hydroxylation sites is 1. The number of nitrogens with one attached hydrogen (secondary N) is 1. The standard InChI is InChI=1S/C17H23ClN2O/c1-2-16(21)12-7-9-20(10-8-12)11-15-17(18)13-5-3-4-6-14(13)19-15/h3-6,12,16,19,21H,2,7-11H2,1H3/t16-/m1/s1. The van der Waals surface area contributed by atoms with Crippen molar-refractivity contribution in [3.63, 3.8) is 0 Å². The highest BCUT2D eigenvalue weighted by atomic mass is 35.5. The van der Waals surface area contributed by atoms with Gasteiger partial charge >= 0.3 is 0 Å². The third-order valence-corrected chi connectivity index (χ3v) is 5.12. The lowest BCUT2D eigenvalue weighted by molar-refractivity contribution is 0.0547. The summed E-state index contributed by atoms with van der Waals surface area (Å²) < 4.78 is 0. The summed E-state index contributed by atoms with van der Waals surface area (Å²) in [6.45, 7) is 4.99. The van der Waals surface area contributed by atoms with Gasteiger partial charge in [0.15, 0.2) is 0 Å². The molecule has 1 aromatic carbocycles. The number of aliphatic hydroxyl groups is 1. The summed E-state index contributed by atoms with van der Waals surface area (Å²) in [7, 11) is 0. The quantitative estimate of drug-likeness (QED) is 0.902. The number of aromatic amines is 1. The van der Waals surface area contributed by atoms with E-state index in [-0.39, 0.29) is 6.10 Å². The van der Waals surface area contributed by atoms with Crippen molar-refractivity contribution in [2.24, 2.45) is 5.92 Å². The molecular formula is C17H23ClN2O. The van der Waals surface area contributed by atoms with Crippen LogP contribution in [-0.2, 0) is 6.54 Å². The van der Waals surface area contributed by atoms with Crippen molar-refractivity contribution >= 4 is 22.5 Å². The van der Waals surface area contributed by atoms with Crippen LogP contribution in [0.4, 0.5) is 0 Å². The Morgan fingerprint density at radius 2 is 2.05 bits per heavy atom. The van der Waals surface area contributed by atoms with Crippen molar-refractivity contribution in [1.82, 2.24) is 9.88 Å². The van der Waals surface area contributed by atoms with E-state index in [4.69, 9.17) is 11.6 Å². The molecule has 0 bridgehead atoms. The Labute approximate surface area is 130 Å². The second-order valence-corrected chi connectivity index (χ2v) is 6.43. The maximum atomic E-state index is 9.95. The van der Waals surface area contributed by atoms with E-state index in [9.17, 15) is 5.11 Å². The van der Waals surface area contributed by atoms with Crippen LogP contribution in [0, 0.1) is 5.92 Å². The van der Waals surface area contributed by atoms with Crippen LogP contribution in [-0.4, -0.2) is 34.2 Å². The van der Waals surface area contributed by atoms with Gasteiger partial charge in [-0.15, -0.1) is 0 Å². The van der Waals surface area contributed by atoms with E-state index in [1.807, 2.05) is 12.1 Å². The zero-order valence-electron chi connectivity index (χ0n) is 12.5. The molecule has 0 spiro atoms. The fourth-order valence-electron chi connectivity index (χ4n) is 3.33. The number of halogens is 1. The lowest BCUT2D eigenvalue weighted by Crippen LogP contribution is -2.37. The Kier molecular flexibility index (Phi) is 4.53. The second-order valence-electron chi connectivity index (χ2n) is 6.05. The highest BCUT2D eigenvalue weighted by Crippen LogP contribution is 2.29. The maximum absolute atomic E-state index is 9.95. The Balaban J connectivity index is 1.66. The highest BCUT2D eigenvalue weighted by molar-refractivity contribution is 6.36. The van der Waals surface area contributed by atoms with Crippen LogP contribution in [0.3, 0.4) is 0 Å². The zero-order chi connectivity index (χ0) is 14.8. The molecule has 21 heavy (non-hydrogen) atoms. The second kappa shape index (κ2) is 6.39. The number of piperidine rings is 1. The van der Waals surface area contributed by atoms with E-state index in [1.54, 1.807) is 0 Å². The van der Waals surface area contributed by atoms with Crippen LogP contribution in [0.2, 0.25) is 5.02 Å². The van der Waals surface area contributed by atoms with E-state index in [0.717, 1.165) is 60.5 Å². The number of H-pyrrole nitrogens is 1. The molecule has 1 saturated heterocycles. The van der Waals surface area contributed by atoms with Gasteiger partial charge in [-0.25, -0.2) is 0 Å². The predicted molar refractivity (Wildman–Crippen MR) is 87.6 cm³/mol. The first-order valence-corrected chi connectivity index (χ1v) is 8.22. The Hall–Kier alpha value is -1.03. The van der Waals surface area contributed by atoms with Crippen LogP contribution in [0.5, 0.6) is 0 Å². The van der Waals surface area contributed by atoms with Crippen LogP contribution in [0.25, 0.3) is 10.9 Å². The molecule has 0 unspecified atom stereocenters. The van der Waals surface area contributed by atoms with Gasteiger partial charge in [0, 0.05) is 23.1 Å². The van der Waals surface area contributed by atoms with Crippen LogP contribution in [0.15, 0.2) is 24.3 Å². The van der Waals surface area contributed by atoms with E-state index >= 15 is 0 Å². The molecule has 2 N–H and O–H groups in total. The lowest BCUT2D eigenvalue weighted by atomic mass is 9.90. The fraction of sp³-hybridized carbons (Fsp3) is 0.529. The highest BCUT2D eigenvalue weighted by Gasteiger charge is 2.24. The van der Waals surface area contributed by atoms with Crippen molar-refractivity contribution in [2.75, 3.05) is 13.1 Å². The smallest absolute Gasteiger partial charge is 0.0705 e. The molecule has 1 aliphatic heterocycles. The first kappa shape index (κ1) is 14.9. The van der Waals surface area contributed by atoms with Gasteiger partial charge in [0.25, 0.3) is 0 Å². The maximum Gasteiger partial charge on any atom is 0.0705 e. The third-order valence-electron chi connectivity index (χ3n) is 4.69. The number of fused-ring (bicyclic) bond motifs is 1. The summed E-state index contributed by atoms with van der Waals surface area (Å²) >= 11 is 6.48. The summed E-state index contributed by atoms with van der Waals surface area (Å²) in [5.41, 5.74) is 2.21. The van der Waals surface area contributed by atoms with Gasteiger partial charge in [-0.3, -0.25) is 4.90 Å². The summed E-state index contributed by atoms with van der Waals surface area (Å²) in [5, 5.41) is 11.9. The summed E-state index contributed by atoms with van der Waals surface area (Å²) in [4.78, 5) is 5.86. The number of rotatable bonds is 4. The zero-order valence-corrected chi connectivity index (χ0v) is 13.2. The van der Waals surface area contributed by atoms with Gasteiger partial charge in [-0.05, 0) is 44.3 Å². The monoisotopic (exact) mass is 306 g/mol. The van der Waals surface area contributed by atoms with Crippen LogP contribution >= 0.6 is 11.6 Å². The molecule has 0 saturated carbocycles. The van der Waals surface area contributed by atoms with Crippen molar-refractivity contribution < 1.29 is 5.11 Å². The fourth-order valence-corrected chi connectivity index (χ4v) is 3.60. The van der Waals surface area contributed by atoms with Crippen LogP contribution in [0.1, 0.15) is 31.9 Å². The van der Waals surface area contributed by atoms with Crippen molar-refractivity contribution in [1.29, 1.82) is 0 Å². The van der Waals surface area contributed by atoms with E-state index < -0.39 is 0 Å². The summed E-state index contributed by atoms with van der Waals surface area (Å²) in [5.74, 6) is 0.462. The topological polar surface area (TPSA) is 39.3 Å². The molecule has 1 fully saturated rings. The minimum Gasteiger partial charge on any atom is -0.393 e. The molecule has 114 valence electrons. The number of hydrogen-bond donors (Lipinski definition) is 2. The number of nitrogens with zero attached hydrogens (tertiary/aromatic N) is 1. The molecule has 1 aliphatic rings. The molecule has 1 aromatic heterocycles. The minimum absolute atomic E-state index is 0.135. The number of likely N-dealkylation sites (tertiary alicyclic amines) is 1. The lowest BCUT2D eigenvalue weighted by Gasteiger charge is -2.33. The molecule has 2 aromatic rings. The molecule has 3 rings (SSSR count). The van der Waals surface area contributed by atoms with Gasteiger partial charge in [0.2, 0.25) is 0 Å². The van der Waals surface area contributed by atoms with Crippen molar-refractivity contribution in [3.8, 4) is 0 Å². The van der Waals surface area contributed by atoms with E-state index in [1.165, 1.54) is 0 Å². The first-order valence-electron chi connectivity index (χ1n) is 7.84. The molecule has 4 heteroatoms. The number of aliphatic hydroxyl groups excluding tert-OH is 1. The molecule has 0 aliphatic carbocycles. The first-order chi connectivity index (χ1) is 10.2. The largest absolute Gasteiger partial charge is 0.393 e. The van der Waals surface area contributed by atoms with Gasteiger partial charge in [0.05, 0.1) is 11.1 Å². The van der Waals surface area contributed by atoms with Gasteiger partial charge in [-0.1, -0.05) is 36.7 Å². The van der Waals surface area contributed by atoms with Gasteiger partial charge in [-0.2, -0.15) is 0 Å². The molecule has 2 heterocycles. The summed E-state index contributed by atoms with van der Waals surface area (Å²) in [6.07, 6.45) is 2.88. The Morgan fingerprint density at radius 1 is 1.33 bits per heavy atom. The Morgan fingerprint density at radius 3 is 2.71 bits per heavy atom. The van der Waals surface area contributed by atoms with Crippen LogP contribution < -0.4 is 0 Å². The molecular weight excluding hydrogens is 284 g/mol. The number of benzene rings is 1. The average Bonchev–Trinajstić information content (AvgIpc) is 2.84. The minimum atomic E-state index is -0.135. The van der Waals surface area contributed by atoms with Crippen molar-refractivity contribution in [2.45, 2.75) is 38.8 Å². The normalized spacial score (nSPS) is 19.2. The predicted octanol–water partition coefficient (Wildman–Crippen LogP) is 3.80. The third kappa shape index (κ3) is 3.10. The average molecular weight is 307 g/mol. The number of hydrogen-bond acceptors (Lipinski definition) is 2. The van der Waals surface area contributed by atoms with Gasteiger partial charge in [0.1, 0.15) is 0 Å². The molecule has 0 amide bonds. The molecule has 0 radical (unpaired) electrons. The number of aromatic nitrogens is 1. The Bertz CT molecular complexity index is 602. The molecule has 1 atom stereocenters. The van der Waals surface area contributed by atoms with E-state index in [0.29, 0.717) is 5.92 Å². The SMILES string of the molecule is CC[C@@H](O)C1CCN(Cc2[nH]c3ccccc3c2Cl)CC1. The van der Waals surface area contributed by atoms with Gasteiger partial charge < -0.3 is 10.1 Å². The molecule has 3 nitrogen and oxygen atoms in total. The van der Waals surface area contributed by atoms with E-state index in [2.05, 4.69) is 28.9 Å². The summed E-state index contributed by atoms with van der Waals surface area (Å²) in [6, 6.07) is 8.16.